The van der Waals surface area contributed by atoms with Crippen LogP contribution >= 0.6 is 0 Å². The molecule has 24 heavy (non-hydrogen) atoms. The summed E-state index contributed by atoms with van der Waals surface area (Å²) in [7, 11) is 0. The molecule has 0 unspecified atom stereocenters. The van der Waals surface area contributed by atoms with Crippen molar-refractivity contribution in [2.45, 2.75) is 13.3 Å². The van der Waals surface area contributed by atoms with Gasteiger partial charge in [-0.15, -0.1) is 0 Å². The zero-order valence-corrected chi connectivity index (χ0v) is 13.3. The second-order valence-electron chi connectivity index (χ2n) is 5.34. The van der Waals surface area contributed by atoms with Crippen LogP contribution in [0.1, 0.15) is 22.8 Å². The van der Waals surface area contributed by atoms with Crippen LogP contribution in [0.2, 0.25) is 0 Å². The van der Waals surface area contributed by atoms with Crippen LogP contribution in [0, 0.1) is 5.82 Å². The van der Waals surface area contributed by atoms with Crippen molar-refractivity contribution in [1.29, 1.82) is 0 Å². The first-order valence-corrected chi connectivity index (χ1v) is 7.81. The van der Waals surface area contributed by atoms with Crippen LogP contribution in [-0.2, 0) is 11.2 Å². The van der Waals surface area contributed by atoms with E-state index in [0.717, 1.165) is 23.0 Å². The van der Waals surface area contributed by atoms with E-state index in [1.54, 1.807) is 37.3 Å². The van der Waals surface area contributed by atoms with Gasteiger partial charge in [-0.2, -0.15) is 0 Å². The van der Waals surface area contributed by atoms with Gasteiger partial charge in [-0.3, -0.25) is 0 Å². The molecule has 0 radical (unpaired) electrons. The Balaban J connectivity index is 1.64. The smallest absolute Gasteiger partial charge is 0.338 e. The Kier molecular flexibility index (Phi) is 4.74. The number of carbonyl (C=O) groups is 1. The fourth-order valence-corrected chi connectivity index (χ4v) is 2.41. The number of aromatic nitrogens is 2. The molecular weight excluding hydrogens is 309 g/mol. The van der Waals surface area contributed by atoms with E-state index in [9.17, 15) is 9.18 Å². The van der Waals surface area contributed by atoms with Gasteiger partial charge in [0, 0.05) is 6.54 Å². The summed E-state index contributed by atoms with van der Waals surface area (Å²) in [6.07, 6.45) is 0.755. The number of carbonyl (C=O) groups excluding carboxylic acids is 1. The number of hydrogen-bond donors (Lipinski definition) is 2. The Labute approximate surface area is 138 Å². The fourth-order valence-electron chi connectivity index (χ4n) is 2.41. The molecule has 3 rings (SSSR count). The van der Waals surface area contributed by atoms with Gasteiger partial charge in [-0.1, -0.05) is 12.1 Å². The van der Waals surface area contributed by atoms with Crippen molar-refractivity contribution < 1.29 is 13.9 Å². The topological polar surface area (TPSA) is 67.0 Å². The molecule has 0 fully saturated rings. The maximum absolute atomic E-state index is 12.9. The molecule has 1 heterocycles. The van der Waals surface area contributed by atoms with Gasteiger partial charge < -0.3 is 15.0 Å². The molecule has 2 N–H and O–H groups in total. The molecule has 6 heteroatoms. The lowest BCUT2D eigenvalue weighted by Crippen LogP contribution is -2.06. The van der Waals surface area contributed by atoms with Gasteiger partial charge >= 0.3 is 5.97 Å². The van der Waals surface area contributed by atoms with Crippen molar-refractivity contribution in [3.63, 3.8) is 0 Å². The summed E-state index contributed by atoms with van der Waals surface area (Å²) in [6.45, 7) is 2.78. The summed E-state index contributed by atoms with van der Waals surface area (Å²) >= 11 is 0. The van der Waals surface area contributed by atoms with Gasteiger partial charge in [0.1, 0.15) is 5.82 Å². The van der Waals surface area contributed by atoms with Crippen molar-refractivity contribution in [3.8, 4) is 0 Å². The van der Waals surface area contributed by atoms with Gasteiger partial charge in [0.25, 0.3) is 0 Å². The average molecular weight is 327 g/mol. The van der Waals surface area contributed by atoms with Gasteiger partial charge in [-0.25, -0.2) is 14.2 Å². The summed E-state index contributed by atoms with van der Waals surface area (Å²) in [6, 6.07) is 11.6. The fraction of sp³-hybridized carbons (Fsp3) is 0.222. The second-order valence-corrected chi connectivity index (χ2v) is 5.34. The van der Waals surface area contributed by atoms with Gasteiger partial charge in [0.15, 0.2) is 0 Å². The molecule has 0 spiro atoms. The number of benzene rings is 2. The third kappa shape index (κ3) is 3.71. The number of nitrogens with zero attached hydrogens (tertiary/aromatic N) is 1. The van der Waals surface area contributed by atoms with E-state index in [4.69, 9.17) is 4.74 Å². The number of anilines is 1. The molecule has 0 bridgehead atoms. The summed E-state index contributed by atoms with van der Waals surface area (Å²) in [4.78, 5) is 19.3. The molecule has 0 amide bonds. The lowest BCUT2D eigenvalue weighted by atomic mass is 10.1. The predicted molar refractivity (Wildman–Crippen MR) is 90.6 cm³/mol. The van der Waals surface area contributed by atoms with E-state index in [-0.39, 0.29) is 11.8 Å². The highest BCUT2D eigenvalue weighted by molar-refractivity contribution is 5.94. The van der Waals surface area contributed by atoms with Crippen LogP contribution in [0.5, 0.6) is 0 Å². The minimum absolute atomic E-state index is 0.235. The summed E-state index contributed by atoms with van der Waals surface area (Å²) in [5.74, 6) is 0.0503. The van der Waals surface area contributed by atoms with Crippen LogP contribution < -0.4 is 5.32 Å². The molecule has 5 nitrogen and oxygen atoms in total. The monoisotopic (exact) mass is 327 g/mol. The van der Waals surface area contributed by atoms with Crippen LogP contribution in [0.15, 0.2) is 42.5 Å². The highest BCUT2D eigenvalue weighted by Gasteiger charge is 2.09. The third-order valence-corrected chi connectivity index (χ3v) is 3.61. The zero-order valence-electron chi connectivity index (χ0n) is 13.3. The molecule has 3 aromatic rings. The molecule has 124 valence electrons. The Hall–Kier alpha value is -2.89. The quantitative estimate of drug-likeness (QED) is 0.680. The molecule has 0 aliphatic rings. The summed E-state index contributed by atoms with van der Waals surface area (Å²) in [5, 5.41) is 3.19. The normalized spacial score (nSPS) is 10.8. The zero-order chi connectivity index (χ0) is 16.9. The average Bonchev–Trinajstić information content (AvgIpc) is 2.98. The maximum Gasteiger partial charge on any atom is 0.338 e. The molecule has 0 aliphatic heterocycles. The Morgan fingerprint density at radius 3 is 2.79 bits per heavy atom. The number of esters is 1. The van der Waals surface area contributed by atoms with Crippen LogP contribution in [0.3, 0.4) is 0 Å². The SMILES string of the molecule is CCOC(=O)c1ccc2nc(NCCc3ccc(F)cc3)[nH]c2c1. The van der Waals surface area contributed by atoms with Crippen molar-refractivity contribution >= 4 is 23.0 Å². The molecule has 0 saturated carbocycles. The largest absolute Gasteiger partial charge is 0.462 e. The highest BCUT2D eigenvalue weighted by atomic mass is 19.1. The molecule has 0 saturated heterocycles. The first-order valence-electron chi connectivity index (χ1n) is 7.81. The van der Waals surface area contributed by atoms with Crippen LogP contribution in [0.4, 0.5) is 10.3 Å². The molecule has 0 aliphatic carbocycles. The van der Waals surface area contributed by atoms with Crippen LogP contribution in [0.25, 0.3) is 11.0 Å². The molecule has 1 aromatic heterocycles. The minimum atomic E-state index is -0.347. The minimum Gasteiger partial charge on any atom is -0.462 e. The number of imidazole rings is 1. The van der Waals surface area contributed by atoms with E-state index in [1.165, 1.54) is 12.1 Å². The number of nitrogens with one attached hydrogen (secondary N) is 2. The first kappa shape index (κ1) is 16.0. The Bertz CT molecular complexity index is 843. The predicted octanol–water partition coefficient (Wildman–Crippen LogP) is 3.53. The van der Waals surface area contributed by atoms with E-state index in [0.29, 0.717) is 24.7 Å². The second kappa shape index (κ2) is 7.12. The summed E-state index contributed by atoms with van der Waals surface area (Å²) in [5.41, 5.74) is 3.08. The molecule has 2 aromatic carbocycles. The van der Waals surface area contributed by atoms with Gasteiger partial charge in [-0.05, 0) is 49.2 Å². The third-order valence-electron chi connectivity index (χ3n) is 3.61. The number of halogens is 1. The lowest BCUT2D eigenvalue weighted by molar-refractivity contribution is 0.0526. The van der Waals surface area contributed by atoms with E-state index >= 15 is 0 Å². The van der Waals surface area contributed by atoms with Gasteiger partial charge in [0.05, 0.1) is 23.2 Å². The Morgan fingerprint density at radius 2 is 2.04 bits per heavy atom. The van der Waals surface area contributed by atoms with Crippen molar-refractivity contribution in [3.05, 3.63) is 59.4 Å². The lowest BCUT2D eigenvalue weighted by Gasteiger charge is -2.03. The summed E-state index contributed by atoms with van der Waals surface area (Å²) < 4.78 is 17.9. The van der Waals surface area contributed by atoms with Crippen molar-refractivity contribution in [2.24, 2.45) is 0 Å². The number of ether oxygens (including phenoxy) is 1. The molecule has 0 atom stereocenters. The first-order chi connectivity index (χ1) is 11.7. The number of rotatable bonds is 6. The highest BCUT2D eigenvalue weighted by Crippen LogP contribution is 2.17. The number of aromatic amines is 1. The van der Waals surface area contributed by atoms with E-state index < -0.39 is 0 Å². The van der Waals surface area contributed by atoms with Crippen molar-refractivity contribution in [2.75, 3.05) is 18.5 Å². The van der Waals surface area contributed by atoms with Gasteiger partial charge in [0.2, 0.25) is 5.95 Å². The van der Waals surface area contributed by atoms with Crippen molar-refractivity contribution in [1.82, 2.24) is 9.97 Å². The maximum atomic E-state index is 12.9. The number of H-pyrrole nitrogens is 1. The molecular formula is C18H18FN3O2. The Morgan fingerprint density at radius 1 is 1.25 bits per heavy atom. The number of fused-ring (bicyclic) bond motifs is 1. The standard InChI is InChI=1S/C18H18FN3O2/c1-2-24-17(23)13-5-8-15-16(11-13)22-18(21-15)20-10-9-12-3-6-14(19)7-4-12/h3-8,11H,2,9-10H2,1H3,(H2,20,21,22). The number of hydrogen-bond acceptors (Lipinski definition) is 4. The van der Waals surface area contributed by atoms with Crippen LogP contribution in [-0.4, -0.2) is 29.1 Å². The van der Waals surface area contributed by atoms with E-state index in [1.807, 2.05) is 0 Å². The van der Waals surface area contributed by atoms with E-state index in [2.05, 4.69) is 15.3 Å².